The molecule has 0 saturated carbocycles. The van der Waals surface area contributed by atoms with Crippen molar-refractivity contribution in [2.24, 2.45) is 0 Å². The molecule has 3 rings (SSSR count). The molecule has 3 aromatic rings. The summed E-state index contributed by atoms with van der Waals surface area (Å²) in [6, 6.07) is 11.0. The Balaban J connectivity index is 1.83. The van der Waals surface area contributed by atoms with Crippen LogP contribution in [0, 0.1) is 6.92 Å². The number of fused-ring (bicyclic) bond motifs is 1. The highest BCUT2D eigenvalue weighted by Crippen LogP contribution is 2.06. The molecule has 2 aromatic heterocycles. The molecule has 0 saturated heterocycles. The number of hydrogen-bond acceptors (Lipinski definition) is 3. The molecule has 6 heteroatoms. The van der Waals surface area contributed by atoms with E-state index in [9.17, 15) is 9.59 Å². The van der Waals surface area contributed by atoms with Crippen LogP contribution in [0.3, 0.4) is 0 Å². The monoisotopic (exact) mass is 323 g/mol. The van der Waals surface area contributed by atoms with Crippen LogP contribution in [0.5, 0.6) is 0 Å². The Morgan fingerprint density at radius 1 is 1.21 bits per heavy atom. The first-order valence-corrected chi connectivity index (χ1v) is 7.84. The van der Waals surface area contributed by atoms with Crippen molar-refractivity contribution in [3.63, 3.8) is 0 Å². The Labute approximate surface area is 139 Å². The fourth-order valence-electron chi connectivity index (χ4n) is 2.53. The Bertz CT molecular complexity index is 945. The van der Waals surface area contributed by atoms with Crippen LogP contribution < -0.4 is 15.6 Å². The molecule has 24 heavy (non-hydrogen) atoms. The zero-order valence-electron chi connectivity index (χ0n) is 13.7. The molecule has 0 aliphatic carbocycles. The van der Waals surface area contributed by atoms with Crippen molar-refractivity contribution in [2.45, 2.75) is 26.8 Å². The third-order valence-corrected chi connectivity index (χ3v) is 3.87. The van der Waals surface area contributed by atoms with Crippen molar-refractivity contribution in [3.05, 3.63) is 70.5 Å². The van der Waals surface area contributed by atoms with Crippen LogP contribution in [-0.2, 0) is 17.8 Å². The molecule has 0 spiro atoms. The van der Waals surface area contributed by atoms with E-state index in [1.165, 1.54) is 10.2 Å². The predicted octanol–water partition coefficient (Wildman–Crippen LogP) is 1.33. The molecular formula is C18H19N4O2+. The lowest BCUT2D eigenvalue weighted by Gasteiger charge is -2.10. The summed E-state index contributed by atoms with van der Waals surface area (Å²) in [5.74, 6) is 0.157. The van der Waals surface area contributed by atoms with Crippen LogP contribution in [0.25, 0.3) is 10.9 Å². The normalized spacial score (nSPS) is 10.8. The average molecular weight is 323 g/mol. The first-order chi connectivity index (χ1) is 11.6. The molecule has 2 heterocycles. The maximum Gasteiger partial charge on any atom is 0.304 e. The van der Waals surface area contributed by atoms with Crippen LogP contribution >= 0.6 is 0 Å². The second kappa shape index (κ2) is 6.62. The van der Waals surface area contributed by atoms with Gasteiger partial charge in [-0.1, -0.05) is 19.1 Å². The third-order valence-electron chi connectivity index (χ3n) is 3.87. The molecule has 1 aromatic carbocycles. The van der Waals surface area contributed by atoms with Crippen LogP contribution in [-0.4, -0.2) is 15.6 Å². The van der Waals surface area contributed by atoms with E-state index < -0.39 is 0 Å². The molecule has 0 bridgehead atoms. The van der Waals surface area contributed by atoms with Gasteiger partial charge in [-0.25, -0.2) is 9.66 Å². The highest BCUT2D eigenvalue weighted by atomic mass is 16.2. The van der Waals surface area contributed by atoms with E-state index in [0.717, 1.165) is 6.42 Å². The first-order valence-electron chi connectivity index (χ1n) is 7.84. The van der Waals surface area contributed by atoms with E-state index in [0.29, 0.717) is 16.7 Å². The molecule has 0 radical (unpaired) electrons. The van der Waals surface area contributed by atoms with E-state index in [1.807, 2.05) is 30.6 Å². The van der Waals surface area contributed by atoms with Gasteiger partial charge in [-0.2, -0.15) is 4.57 Å². The van der Waals surface area contributed by atoms with E-state index in [-0.39, 0.29) is 18.0 Å². The first kappa shape index (κ1) is 15.9. The van der Waals surface area contributed by atoms with E-state index in [4.69, 9.17) is 0 Å². The number of carbonyl (C=O) groups is 1. The van der Waals surface area contributed by atoms with Gasteiger partial charge in [0.1, 0.15) is 5.82 Å². The van der Waals surface area contributed by atoms with Crippen LogP contribution in [0.1, 0.15) is 18.3 Å². The number of carbonyl (C=O) groups excluding carboxylic acids is 1. The summed E-state index contributed by atoms with van der Waals surface area (Å²) >= 11 is 0. The van der Waals surface area contributed by atoms with Gasteiger partial charge < -0.3 is 0 Å². The van der Waals surface area contributed by atoms with Gasteiger partial charge in [-0.05, 0) is 31.0 Å². The molecule has 0 atom stereocenters. The summed E-state index contributed by atoms with van der Waals surface area (Å²) < 4.78 is 2.97. The number of benzene rings is 1. The zero-order chi connectivity index (χ0) is 17.1. The highest BCUT2D eigenvalue weighted by Gasteiger charge is 2.13. The second-order valence-corrected chi connectivity index (χ2v) is 5.58. The van der Waals surface area contributed by atoms with Gasteiger partial charge in [-0.3, -0.25) is 15.0 Å². The topological polar surface area (TPSA) is 67.9 Å². The number of aryl methyl sites for hydroxylation is 2. The number of hydrogen-bond donors (Lipinski definition) is 1. The lowest BCUT2D eigenvalue weighted by molar-refractivity contribution is -0.684. The molecule has 0 aliphatic heterocycles. The summed E-state index contributed by atoms with van der Waals surface area (Å²) in [7, 11) is 0. The van der Waals surface area contributed by atoms with Crippen molar-refractivity contribution in [2.75, 3.05) is 5.43 Å². The van der Waals surface area contributed by atoms with Gasteiger partial charge in [0, 0.05) is 12.1 Å². The lowest BCUT2D eigenvalue weighted by atomic mass is 10.2. The Morgan fingerprint density at radius 2 is 1.92 bits per heavy atom. The number of aromatic nitrogens is 3. The lowest BCUT2D eigenvalue weighted by Crippen LogP contribution is -2.44. The third kappa shape index (κ3) is 3.17. The molecule has 1 amide bonds. The quantitative estimate of drug-likeness (QED) is 0.737. The number of nitrogens with zero attached hydrogens (tertiary/aromatic N) is 3. The van der Waals surface area contributed by atoms with Crippen LogP contribution in [0.2, 0.25) is 0 Å². The molecule has 6 nitrogen and oxygen atoms in total. The van der Waals surface area contributed by atoms with Crippen molar-refractivity contribution in [1.82, 2.24) is 9.66 Å². The average Bonchev–Trinajstić information content (AvgIpc) is 2.59. The molecule has 0 fully saturated rings. The summed E-state index contributed by atoms with van der Waals surface area (Å²) in [5.41, 5.74) is 4.18. The highest BCUT2D eigenvalue weighted by molar-refractivity contribution is 5.83. The molecule has 1 N–H and O–H groups in total. The Morgan fingerprint density at radius 3 is 2.62 bits per heavy atom. The number of amides is 1. The fraction of sp³-hybridized carbons (Fsp3) is 0.222. The molecule has 0 unspecified atom stereocenters. The van der Waals surface area contributed by atoms with Crippen molar-refractivity contribution < 1.29 is 9.36 Å². The maximum absolute atomic E-state index is 12.5. The number of para-hydroxylation sites is 1. The van der Waals surface area contributed by atoms with Gasteiger partial charge in [0.25, 0.3) is 5.56 Å². The summed E-state index contributed by atoms with van der Waals surface area (Å²) in [4.78, 5) is 29.1. The molecule has 0 aliphatic rings. The van der Waals surface area contributed by atoms with Crippen LogP contribution in [0.15, 0.2) is 53.6 Å². The van der Waals surface area contributed by atoms with Crippen molar-refractivity contribution in [1.29, 1.82) is 0 Å². The van der Waals surface area contributed by atoms with Gasteiger partial charge in [-0.15, -0.1) is 0 Å². The summed E-state index contributed by atoms with van der Waals surface area (Å²) in [6.45, 7) is 3.90. The largest absolute Gasteiger partial charge is 0.304 e. The maximum atomic E-state index is 12.5. The van der Waals surface area contributed by atoms with Gasteiger partial charge >= 0.3 is 5.91 Å². The number of rotatable bonds is 4. The zero-order valence-corrected chi connectivity index (χ0v) is 13.7. The number of nitrogens with one attached hydrogen (secondary N) is 1. The second-order valence-electron chi connectivity index (χ2n) is 5.58. The van der Waals surface area contributed by atoms with Crippen molar-refractivity contribution >= 4 is 16.8 Å². The molecule has 122 valence electrons. The summed E-state index contributed by atoms with van der Waals surface area (Å²) in [5, 5.41) is 0.475. The van der Waals surface area contributed by atoms with Gasteiger partial charge in [0.2, 0.25) is 6.54 Å². The van der Waals surface area contributed by atoms with Gasteiger partial charge in [0.05, 0.1) is 10.9 Å². The SMILES string of the molecule is CCc1cc[n+](CC(=O)Nn2c(C)nc3ccccc3c2=O)cc1. The minimum absolute atomic E-state index is 0.128. The summed E-state index contributed by atoms with van der Waals surface area (Å²) in [6.07, 6.45) is 4.66. The number of pyridine rings is 1. The molecular weight excluding hydrogens is 304 g/mol. The smallest absolute Gasteiger partial charge is 0.267 e. The standard InChI is InChI=1S/C18H18N4O2/c1-3-14-8-10-21(11-9-14)12-17(23)20-22-13(2)19-16-7-5-4-6-15(16)18(22)24/h4-11H,3,12H2,1-2H3/p+1. The minimum Gasteiger partial charge on any atom is -0.267 e. The Kier molecular flexibility index (Phi) is 4.37. The fourth-order valence-corrected chi connectivity index (χ4v) is 2.53. The van der Waals surface area contributed by atoms with E-state index >= 15 is 0 Å². The van der Waals surface area contributed by atoms with Crippen molar-refractivity contribution in [3.8, 4) is 0 Å². The van der Waals surface area contributed by atoms with Gasteiger partial charge in [0.15, 0.2) is 12.4 Å². The van der Waals surface area contributed by atoms with E-state index in [2.05, 4.69) is 17.3 Å². The van der Waals surface area contributed by atoms with E-state index in [1.54, 1.807) is 29.7 Å². The minimum atomic E-state index is -0.286. The predicted molar refractivity (Wildman–Crippen MR) is 91.1 cm³/mol. The van der Waals surface area contributed by atoms with Crippen LogP contribution in [0.4, 0.5) is 0 Å². The Hall–Kier alpha value is -3.02.